The van der Waals surface area contributed by atoms with Crippen LogP contribution in [0.25, 0.3) is 0 Å². The molecule has 3 rings (SSSR count). The minimum absolute atomic E-state index is 0.103. The summed E-state index contributed by atoms with van der Waals surface area (Å²) in [7, 11) is 0. The largest absolute Gasteiger partial charge is 0.465 e. The molecule has 1 fully saturated rings. The summed E-state index contributed by atoms with van der Waals surface area (Å²) in [6.07, 6.45) is 3.08. The second kappa shape index (κ2) is 5.63. The number of carboxylic acid groups (broad SMARTS) is 1. The fraction of sp³-hybridized carbons (Fsp3) is 0.312. The minimum atomic E-state index is -0.992. The zero-order valence-corrected chi connectivity index (χ0v) is 12.0. The van der Waals surface area contributed by atoms with Gasteiger partial charge in [-0.3, -0.25) is 19.4 Å². The Labute approximate surface area is 127 Å². The van der Waals surface area contributed by atoms with Gasteiger partial charge in [0.2, 0.25) is 0 Å². The fourth-order valence-corrected chi connectivity index (χ4v) is 2.89. The Kier molecular flexibility index (Phi) is 3.66. The van der Waals surface area contributed by atoms with Crippen molar-refractivity contribution < 1.29 is 19.5 Å². The SMILES string of the molecule is O=C(O)N1CCCCC1=CCN1C(=O)c2ccccc2C1=O. The molecule has 2 aliphatic heterocycles. The number of nitrogens with zero attached hydrogens (tertiary/aromatic N) is 2. The molecule has 0 aromatic heterocycles. The minimum Gasteiger partial charge on any atom is -0.465 e. The summed E-state index contributed by atoms with van der Waals surface area (Å²) < 4.78 is 0. The quantitative estimate of drug-likeness (QED) is 0.850. The van der Waals surface area contributed by atoms with Gasteiger partial charge in [0, 0.05) is 18.8 Å². The zero-order chi connectivity index (χ0) is 15.7. The van der Waals surface area contributed by atoms with Gasteiger partial charge in [0.25, 0.3) is 11.8 Å². The first-order valence-corrected chi connectivity index (χ1v) is 7.24. The number of allylic oxidation sites excluding steroid dienone is 1. The molecule has 2 aliphatic rings. The first kappa shape index (κ1) is 14.3. The van der Waals surface area contributed by atoms with E-state index in [2.05, 4.69) is 0 Å². The second-order valence-electron chi connectivity index (χ2n) is 5.35. The predicted octanol–water partition coefficient (Wildman–Crippen LogP) is 2.33. The number of carbonyl (C=O) groups is 3. The van der Waals surface area contributed by atoms with Crippen LogP contribution < -0.4 is 0 Å². The standard InChI is InChI=1S/C16H16N2O4/c19-14-12-6-1-2-7-13(12)15(20)18(14)10-8-11-5-3-4-9-17(11)16(21)22/h1-2,6-8H,3-5,9-10H2,(H,21,22). The first-order chi connectivity index (χ1) is 10.6. The number of piperidine rings is 1. The number of carbonyl (C=O) groups excluding carboxylic acids is 2. The topological polar surface area (TPSA) is 77.9 Å². The highest BCUT2D eigenvalue weighted by atomic mass is 16.4. The highest BCUT2D eigenvalue weighted by molar-refractivity contribution is 6.21. The molecule has 0 saturated carbocycles. The van der Waals surface area contributed by atoms with Crippen molar-refractivity contribution in [2.45, 2.75) is 19.3 Å². The van der Waals surface area contributed by atoms with Crippen LogP contribution in [-0.2, 0) is 0 Å². The third-order valence-corrected chi connectivity index (χ3v) is 4.03. The molecule has 114 valence electrons. The summed E-state index contributed by atoms with van der Waals surface area (Å²) in [6, 6.07) is 6.71. The second-order valence-corrected chi connectivity index (χ2v) is 5.35. The Morgan fingerprint density at radius 1 is 1.14 bits per heavy atom. The van der Waals surface area contributed by atoms with Gasteiger partial charge in [-0.25, -0.2) is 4.79 Å². The van der Waals surface area contributed by atoms with Crippen molar-refractivity contribution in [3.8, 4) is 0 Å². The highest BCUT2D eigenvalue weighted by Crippen LogP contribution is 2.24. The lowest BCUT2D eigenvalue weighted by Gasteiger charge is -2.27. The van der Waals surface area contributed by atoms with Crippen LogP contribution in [0.15, 0.2) is 36.0 Å². The van der Waals surface area contributed by atoms with E-state index in [1.165, 1.54) is 4.90 Å². The number of benzene rings is 1. The van der Waals surface area contributed by atoms with E-state index in [1.54, 1.807) is 30.3 Å². The fourth-order valence-electron chi connectivity index (χ4n) is 2.89. The first-order valence-electron chi connectivity index (χ1n) is 7.24. The summed E-state index contributed by atoms with van der Waals surface area (Å²) >= 11 is 0. The average molecular weight is 300 g/mol. The van der Waals surface area contributed by atoms with Gasteiger partial charge in [-0.1, -0.05) is 12.1 Å². The molecule has 1 aromatic rings. The van der Waals surface area contributed by atoms with Crippen LogP contribution in [0.3, 0.4) is 0 Å². The summed E-state index contributed by atoms with van der Waals surface area (Å²) in [6.45, 7) is 0.564. The number of hydrogen-bond acceptors (Lipinski definition) is 3. The Morgan fingerprint density at radius 2 is 1.77 bits per heavy atom. The maximum Gasteiger partial charge on any atom is 0.411 e. The molecule has 0 unspecified atom stereocenters. The molecule has 0 bridgehead atoms. The zero-order valence-electron chi connectivity index (χ0n) is 12.0. The van der Waals surface area contributed by atoms with E-state index in [0.29, 0.717) is 29.8 Å². The lowest BCUT2D eigenvalue weighted by atomic mass is 10.1. The van der Waals surface area contributed by atoms with Gasteiger partial charge in [-0.2, -0.15) is 0 Å². The van der Waals surface area contributed by atoms with Crippen molar-refractivity contribution in [2.24, 2.45) is 0 Å². The van der Waals surface area contributed by atoms with Crippen molar-refractivity contribution >= 4 is 17.9 Å². The van der Waals surface area contributed by atoms with Crippen molar-refractivity contribution in [3.05, 3.63) is 47.2 Å². The molecule has 1 aromatic carbocycles. The monoisotopic (exact) mass is 300 g/mol. The molecule has 0 atom stereocenters. The van der Waals surface area contributed by atoms with E-state index in [1.807, 2.05) is 0 Å². The van der Waals surface area contributed by atoms with Crippen molar-refractivity contribution in [3.63, 3.8) is 0 Å². The number of hydrogen-bond donors (Lipinski definition) is 1. The van der Waals surface area contributed by atoms with Gasteiger partial charge in [-0.15, -0.1) is 0 Å². The molecule has 1 N–H and O–H groups in total. The van der Waals surface area contributed by atoms with E-state index >= 15 is 0 Å². The molecule has 0 radical (unpaired) electrons. The van der Waals surface area contributed by atoms with Gasteiger partial charge in [-0.05, 0) is 37.5 Å². The molecule has 6 nitrogen and oxygen atoms in total. The van der Waals surface area contributed by atoms with Crippen LogP contribution >= 0.6 is 0 Å². The van der Waals surface area contributed by atoms with Gasteiger partial charge in [0.15, 0.2) is 0 Å². The van der Waals surface area contributed by atoms with Crippen LogP contribution in [0.2, 0.25) is 0 Å². The van der Waals surface area contributed by atoms with Crippen LogP contribution in [0.4, 0.5) is 4.79 Å². The molecule has 6 heteroatoms. The number of rotatable bonds is 2. The summed E-state index contributed by atoms with van der Waals surface area (Å²) in [5.41, 5.74) is 1.48. The van der Waals surface area contributed by atoms with E-state index in [4.69, 9.17) is 0 Å². The van der Waals surface area contributed by atoms with Gasteiger partial charge in [0.1, 0.15) is 0 Å². The maximum atomic E-state index is 12.2. The van der Waals surface area contributed by atoms with E-state index < -0.39 is 6.09 Å². The van der Waals surface area contributed by atoms with Gasteiger partial charge < -0.3 is 5.11 Å². The van der Waals surface area contributed by atoms with Crippen molar-refractivity contribution in [2.75, 3.05) is 13.1 Å². The van der Waals surface area contributed by atoms with Crippen molar-refractivity contribution in [1.29, 1.82) is 0 Å². The lowest BCUT2D eigenvalue weighted by molar-refractivity contribution is 0.0671. The Morgan fingerprint density at radius 3 is 2.36 bits per heavy atom. The maximum absolute atomic E-state index is 12.2. The van der Waals surface area contributed by atoms with Crippen LogP contribution in [0.1, 0.15) is 40.0 Å². The van der Waals surface area contributed by atoms with E-state index in [0.717, 1.165) is 17.7 Å². The lowest BCUT2D eigenvalue weighted by Crippen LogP contribution is -2.35. The number of amides is 3. The Bertz CT molecular complexity index is 645. The van der Waals surface area contributed by atoms with Crippen molar-refractivity contribution in [1.82, 2.24) is 9.80 Å². The molecule has 3 amide bonds. The third-order valence-electron chi connectivity index (χ3n) is 4.03. The Hall–Kier alpha value is -2.63. The summed E-state index contributed by atoms with van der Waals surface area (Å²) in [5.74, 6) is -0.648. The number of fused-ring (bicyclic) bond motifs is 1. The normalized spacial score (nSPS) is 19.7. The summed E-state index contributed by atoms with van der Waals surface area (Å²) in [4.78, 5) is 38.1. The highest BCUT2D eigenvalue weighted by Gasteiger charge is 2.34. The van der Waals surface area contributed by atoms with E-state index in [9.17, 15) is 19.5 Å². The number of likely N-dealkylation sites (tertiary alicyclic amines) is 1. The van der Waals surface area contributed by atoms with Crippen LogP contribution in [0.5, 0.6) is 0 Å². The van der Waals surface area contributed by atoms with Crippen LogP contribution in [0, 0.1) is 0 Å². The molecule has 1 saturated heterocycles. The smallest absolute Gasteiger partial charge is 0.411 e. The number of imide groups is 1. The molecule has 0 spiro atoms. The molecule has 22 heavy (non-hydrogen) atoms. The predicted molar refractivity (Wildman–Crippen MR) is 78.5 cm³/mol. The van der Waals surface area contributed by atoms with E-state index in [-0.39, 0.29) is 18.4 Å². The van der Waals surface area contributed by atoms with Gasteiger partial charge >= 0.3 is 6.09 Å². The van der Waals surface area contributed by atoms with Crippen LogP contribution in [-0.4, -0.2) is 45.9 Å². The Balaban J connectivity index is 1.80. The molecular weight excluding hydrogens is 284 g/mol. The molecule has 2 heterocycles. The molecule has 0 aliphatic carbocycles. The average Bonchev–Trinajstić information content (AvgIpc) is 2.77. The van der Waals surface area contributed by atoms with Gasteiger partial charge in [0.05, 0.1) is 11.1 Å². The molecular formula is C16H16N2O4. The summed E-state index contributed by atoms with van der Waals surface area (Å²) in [5, 5.41) is 9.18. The third kappa shape index (κ3) is 2.36.